The Bertz CT molecular complexity index is 682. The van der Waals surface area contributed by atoms with Gasteiger partial charge < -0.3 is 14.6 Å². The van der Waals surface area contributed by atoms with E-state index in [1.54, 1.807) is 0 Å². The normalized spacial score (nSPS) is 12.1. The van der Waals surface area contributed by atoms with Crippen LogP contribution >= 0.6 is 0 Å². The van der Waals surface area contributed by atoms with Crippen molar-refractivity contribution in [3.63, 3.8) is 0 Å². The molecule has 324 valence electrons. The number of hydrogen-bond donors (Lipinski definition) is 1. The van der Waals surface area contributed by atoms with E-state index in [4.69, 9.17) is 9.47 Å². The van der Waals surface area contributed by atoms with Crippen LogP contribution < -0.4 is 0 Å². The fourth-order valence-electron chi connectivity index (χ4n) is 7.92. The molecule has 0 radical (unpaired) electrons. The smallest absolute Gasteiger partial charge is 0.306 e. The fraction of sp³-hybridized carbons (Fsp3) is 0.980. The average Bonchev–Trinajstić information content (AvgIpc) is 3.18. The van der Waals surface area contributed by atoms with Crippen LogP contribution in [0.25, 0.3) is 0 Å². The summed E-state index contributed by atoms with van der Waals surface area (Å²) in [4.78, 5) is 12.2. The van der Waals surface area contributed by atoms with Crippen molar-refractivity contribution in [2.75, 3.05) is 19.8 Å². The number of aliphatic hydroxyl groups excluding tert-OH is 1. The molecule has 0 spiro atoms. The first-order valence-electron chi connectivity index (χ1n) is 25.1. The molecule has 54 heavy (non-hydrogen) atoms. The minimum atomic E-state index is -0.526. The van der Waals surface area contributed by atoms with Crippen LogP contribution in [0.4, 0.5) is 0 Å². The van der Waals surface area contributed by atoms with E-state index in [0.29, 0.717) is 19.6 Å². The third kappa shape index (κ3) is 45.8. The van der Waals surface area contributed by atoms with Crippen molar-refractivity contribution in [1.29, 1.82) is 0 Å². The summed E-state index contributed by atoms with van der Waals surface area (Å²) in [5, 5.41) is 9.64. The van der Waals surface area contributed by atoms with Crippen LogP contribution in [0.3, 0.4) is 0 Å². The summed E-state index contributed by atoms with van der Waals surface area (Å²) in [5.41, 5.74) is 0. The lowest BCUT2D eigenvalue weighted by molar-refractivity contribution is -0.154. The van der Waals surface area contributed by atoms with E-state index in [9.17, 15) is 9.90 Å². The van der Waals surface area contributed by atoms with Gasteiger partial charge in [-0.2, -0.15) is 0 Å². The molecule has 0 aliphatic heterocycles. The lowest BCUT2D eigenvalue weighted by Gasteiger charge is -2.16. The molecule has 0 saturated carbocycles. The second kappa shape index (κ2) is 48.5. The Morgan fingerprint density at radius 1 is 0.370 bits per heavy atom. The van der Waals surface area contributed by atoms with Crippen molar-refractivity contribution in [1.82, 2.24) is 0 Å². The number of aliphatic hydroxyl groups is 1. The Balaban J connectivity index is 3.32. The second-order valence-corrected chi connectivity index (χ2v) is 17.3. The summed E-state index contributed by atoms with van der Waals surface area (Å²) in [5.74, 6) is -0.191. The van der Waals surface area contributed by atoms with Gasteiger partial charge in [0.2, 0.25) is 0 Å². The Morgan fingerprint density at radius 3 is 0.870 bits per heavy atom. The lowest BCUT2D eigenvalue weighted by Crippen LogP contribution is -2.27. The van der Waals surface area contributed by atoms with Crippen LogP contribution in [0, 0.1) is 0 Å². The van der Waals surface area contributed by atoms with E-state index < -0.39 is 6.10 Å². The van der Waals surface area contributed by atoms with Crippen LogP contribution in [-0.2, 0) is 14.3 Å². The maximum Gasteiger partial charge on any atom is 0.306 e. The lowest BCUT2D eigenvalue weighted by atomic mass is 10.0. The molecule has 4 nitrogen and oxygen atoms in total. The number of unbranched alkanes of at least 4 members (excludes halogenated alkanes) is 40. The first-order chi connectivity index (χ1) is 26.7. The summed E-state index contributed by atoms with van der Waals surface area (Å²) in [6.45, 7) is 5.42. The van der Waals surface area contributed by atoms with Crippen LogP contribution in [0.15, 0.2) is 0 Å². The standard InChI is InChI=1S/C50H100O4/c1-3-5-7-9-11-13-15-17-19-21-23-24-25-26-27-28-30-32-34-36-38-40-42-44-46-53-48-49(47-51)54-50(52)45-43-41-39-37-35-33-31-29-22-20-18-16-14-12-10-8-6-4-2/h49,51H,3-48H2,1-2H3. The summed E-state index contributed by atoms with van der Waals surface area (Å²) >= 11 is 0. The molecule has 1 unspecified atom stereocenters. The summed E-state index contributed by atoms with van der Waals surface area (Å²) in [6.07, 6.45) is 57.7. The number of ether oxygens (including phenoxy) is 2. The van der Waals surface area contributed by atoms with Gasteiger partial charge in [0, 0.05) is 13.0 Å². The minimum absolute atomic E-state index is 0.162. The molecule has 0 aromatic rings. The van der Waals surface area contributed by atoms with Crippen LogP contribution in [0.2, 0.25) is 0 Å². The molecule has 0 heterocycles. The maximum absolute atomic E-state index is 12.2. The molecular weight excluding hydrogens is 665 g/mol. The van der Waals surface area contributed by atoms with E-state index in [2.05, 4.69) is 13.8 Å². The topological polar surface area (TPSA) is 55.8 Å². The highest BCUT2D eigenvalue weighted by Gasteiger charge is 2.13. The quantitative estimate of drug-likeness (QED) is 0.0495. The molecule has 4 heteroatoms. The summed E-state index contributed by atoms with van der Waals surface area (Å²) < 4.78 is 11.2. The van der Waals surface area contributed by atoms with Crippen LogP contribution in [-0.4, -0.2) is 37.0 Å². The molecule has 0 fully saturated rings. The van der Waals surface area contributed by atoms with Crippen molar-refractivity contribution in [2.24, 2.45) is 0 Å². The second-order valence-electron chi connectivity index (χ2n) is 17.3. The zero-order valence-electron chi connectivity index (χ0n) is 37.3. The molecule has 1 atom stereocenters. The molecule has 0 aromatic carbocycles. The predicted octanol–water partition coefficient (Wildman–Crippen LogP) is 16.7. The highest BCUT2D eigenvalue weighted by molar-refractivity contribution is 5.69. The van der Waals surface area contributed by atoms with Gasteiger partial charge in [0.1, 0.15) is 6.10 Å². The van der Waals surface area contributed by atoms with Gasteiger partial charge >= 0.3 is 5.97 Å². The molecule has 0 amide bonds. The SMILES string of the molecule is CCCCCCCCCCCCCCCCCCCCCCCCCCOCC(CO)OC(=O)CCCCCCCCCCCCCCCCCCCC. The number of rotatable bonds is 48. The molecular formula is C50H100O4. The van der Waals surface area contributed by atoms with Crippen molar-refractivity contribution in [3.8, 4) is 0 Å². The Hall–Kier alpha value is -0.610. The van der Waals surface area contributed by atoms with Crippen molar-refractivity contribution in [3.05, 3.63) is 0 Å². The monoisotopic (exact) mass is 765 g/mol. The average molecular weight is 765 g/mol. The number of hydrogen-bond acceptors (Lipinski definition) is 4. The number of carbonyl (C=O) groups is 1. The van der Waals surface area contributed by atoms with Crippen LogP contribution in [0.5, 0.6) is 0 Å². The van der Waals surface area contributed by atoms with Gasteiger partial charge in [0.25, 0.3) is 0 Å². The molecule has 1 N–H and O–H groups in total. The van der Waals surface area contributed by atoms with E-state index >= 15 is 0 Å². The Labute approximate surface area is 340 Å². The number of carbonyl (C=O) groups excluding carboxylic acids is 1. The van der Waals surface area contributed by atoms with Gasteiger partial charge in [-0.25, -0.2) is 0 Å². The largest absolute Gasteiger partial charge is 0.457 e. The molecule has 0 aliphatic rings. The van der Waals surface area contributed by atoms with E-state index in [0.717, 1.165) is 19.3 Å². The van der Waals surface area contributed by atoms with Crippen molar-refractivity contribution >= 4 is 5.97 Å². The Morgan fingerprint density at radius 2 is 0.611 bits per heavy atom. The van der Waals surface area contributed by atoms with Crippen LogP contribution in [0.1, 0.15) is 290 Å². The van der Waals surface area contributed by atoms with Gasteiger partial charge in [-0.05, 0) is 12.8 Å². The van der Waals surface area contributed by atoms with E-state index in [-0.39, 0.29) is 12.6 Å². The minimum Gasteiger partial charge on any atom is -0.457 e. The molecule has 0 bridgehead atoms. The highest BCUT2D eigenvalue weighted by Crippen LogP contribution is 2.17. The molecule has 0 rings (SSSR count). The van der Waals surface area contributed by atoms with Crippen molar-refractivity contribution in [2.45, 2.75) is 296 Å². The summed E-state index contributed by atoms with van der Waals surface area (Å²) in [6, 6.07) is 0. The van der Waals surface area contributed by atoms with Gasteiger partial charge in [-0.1, -0.05) is 271 Å². The first-order valence-corrected chi connectivity index (χ1v) is 25.1. The zero-order valence-corrected chi connectivity index (χ0v) is 37.3. The third-order valence-corrected chi connectivity index (χ3v) is 11.7. The van der Waals surface area contributed by atoms with Gasteiger partial charge in [0.05, 0.1) is 13.2 Å². The fourth-order valence-corrected chi connectivity index (χ4v) is 7.92. The highest BCUT2D eigenvalue weighted by atomic mass is 16.6. The van der Waals surface area contributed by atoms with Gasteiger partial charge in [-0.15, -0.1) is 0 Å². The zero-order chi connectivity index (χ0) is 39.1. The van der Waals surface area contributed by atoms with Crippen molar-refractivity contribution < 1.29 is 19.4 Å². The summed E-state index contributed by atoms with van der Waals surface area (Å²) in [7, 11) is 0. The maximum atomic E-state index is 12.2. The molecule has 0 saturated heterocycles. The van der Waals surface area contributed by atoms with E-state index in [1.807, 2.05) is 0 Å². The first kappa shape index (κ1) is 53.4. The molecule has 0 aromatic heterocycles. The molecule has 0 aliphatic carbocycles. The predicted molar refractivity (Wildman–Crippen MR) is 238 cm³/mol. The Kier molecular flexibility index (Phi) is 48.0. The van der Waals surface area contributed by atoms with Gasteiger partial charge in [-0.3, -0.25) is 4.79 Å². The van der Waals surface area contributed by atoms with Gasteiger partial charge in [0.15, 0.2) is 0 Å². The van der Waals surface area contributed by atoms with E-state index in [1.165, 1.54) is 250 Å². The number of esters is 1. The third-order valence-electron chi connectivity index (χ3n) is 11.7.